The van der Waals surface area contributed by atoms with Gasteiger partial charge < -0.3 is 21.0 Å². The monoisotopic (exact) mass is 518 g/mol. The summed E-state index contributed by atoms with van der Waals surface area (Å²) in [5.41, 5.74) is 6.25. The molecule has 2 aromatic carbocycles. The molecule has 0 saturated heterocycles. The van der Waals surface area contributed by atoms with Crippen molar-refractivity contribution in [2.75, 3.05) is 12.3 Å². The van der Waals surface area contributed by atoms with Gasteiger partial charge in [0.15, 0.2) is 5.65 Å². The summed E-state index contributed by atoms with van der Waals surface area (Å²) in [6, 6.07) is 13.6. The number of aliphatic hydroxyl groups excluding tert-OH is 1. The average molecular weight is 519 g/mol. The molecule has 0 aliphatic heterocycles. The molecule has 0 aliphatic rings. The van der Waals surface area contributed by atoms with Gasteiger partial charge in [-0.15, -0.1) is 4.73 Å². The van der Waals surface area contributed by atoms with E-state index in [-0.39, 0.29) is 42.0 Å². The van der Waals surface area contributed by atoms with Crippen molar-refractivity contribution in [1.29, 1.82) is 0 Å². The average Bonchev–Trinajstić information content (AvgIpc) is 2.91. The van der Waals surface area contributed by atoms with Crippen molar-refractivity contribution in [2.45, 2.75) is 26.0 Å². The van der Waals surface area contributed by atoms with Crippen LogP contribution in [0.15, 0.2) is 65.6 Å². The predicted octanol–water partition coefficient (Wildman–Crippen LogP) is 2.94. The largest absolute Gasteiger partial charge is 0.404 e. The van der Waals surface area contributed by atoms with Crippen LogP contribution in [0.5, 0.6) is 0 Å². The van der Waals surface area contributed by atoms with Crippen LogP contribution in [0.25, 0.3) is 11.0 Å². The summed E-state index contributed by atoms with van der Waals surface area (Å²) >= 11 is 0. The molecular weight excluding hydrogens is 494 g/mol. The molecule has 2 heterocycles. The number of carbonyl (C=O) groups is 1. The third kappa shape index (κ3) is 5.96. The maximum absolute atomic E-state index is 14.1. The second-order valence-electron chi connectivity index (χ2n) is 8.29. The standard InChI is InChI=1S/C28H24F2N4O4/c29-21-11-10-20(23(30)14-21)16-33-27(36)24-25(31)22-13-19(9-5-2-6-12-35)15-32-26(22)34(28(24)37)38-17-18-7-3-1-4-8-18/h1,3-4,7-8,10-11,13-15,35H,2,6,12,16-17,31H2,(H,33,36). The molecule has 1 amide bonds. The van der Waals surface area contributed by atoms with Crippen LogP contribution in [-0.2, 0) is 13.2 Å². The highest BCUT2D eigenvalue weighted by Crippen LogP contribution is 2.22. The number of nitrogens with two attached hydrogens (primary N) is 1. The van der Waals surface area contributed by atoms with Crippen LogP contribution in [0, 0.1) is 23.5 Å². The number of nitrogens with one attached hydrogen (secondary N) is 1. The highest BCUT2D eigenvalue weighted by molar-refractivity contribution is 6.05. The number of unbranched alkanes of at least 4 members (excludes halogenated alkanes) is 1. The number of aliphatic hydroxyl groups is 1. The number of fused-ring (bicyclic) bond motifs is 1. The summed E-state index contributed by atoms with van der Waals surface area (Å²) in [5, 5.41) is 11.7. The van der Waals surface area contributed by atoms with E-state index < -0.39 is 28.7 Å². The first-order valence-corrected chi connectivity index (χ1v) is 11.7. The number of rotatable bonds is 8. The molecule has 0 radical (unpaired) electrons. The molecule has 194 valence electrons. The van der Waals surface area contributed by atoms with E-state index in [9.17, 15) is 18.4 Å². The second-order valence-corrected chi connectivity index (χ2v) is 8.29. The van der Waals surface area contributed by atoms with Crippen molar-refractivity contribution in [2.24, 2.45) is 0 Å². The van der Waals surface area contributed by atoms with Gasteiger partial charge in [0.1, 0.15) is 23.8 Å². The van der Waals surface area contributed by atoms with E-state index in [0.717, 1.165) is 16.4 Å². The first-order chi connectivity index (χ1) is 18.4. The zero-order chi connectivity index (χ0) is 27.1. The third-order valence-corrected chi connectivity index (χ3v) is 5.59. The summed E-state index contributed by atoms with van der Waals surface area (Å²) < 4.78 is 28.2. The van der Waals surface area contributed by atoms with Crippen LogP contribution in [0.2, 0.25) is 0 Å². The zero-order valence-electron chi connectivity index (χ0n) is 20.2. The van der Waals surface area contributed by atoms with Crippen LogP contribution >= 0.6 is 0 Å². The van der Waals surface area contributed by atoms with Crippen LogP contribution < -0.4 is 21.4 Å². The van der Waals surface area contributed by atoms with Gasteiger partial charge >= 0.3 is 0 Å². The molecule has 38 heavy (non-hydrogen) atoms. The van der Waals surface area contributed by atoms with Crippen molar-refractivity contribution in [3.8, 4) is 11.8 Å². The minimum atomic E-state index is -0.866. The van der Waals surface area contributed by atoms with E-state index in [1.165, 1.54) is 12.3 Å². The number of benzene rings is 2. The van der Waals surface area contributed by atoms with Crippen LogP contribution in [-0.4, -0.2) is 27.3 Å². The number of hydrogen-bond acceptors (Lipinski definition) is 6. The lowest BCUT2D eigenvalue weighted by molar-refractivity contribution is 0.0898. The van der Waals surface area contributed by atoms with Crippen molar-refractivity contribution >= 4 is 22.6 Å². The molecule has 0 unspecified atom stereocenters. The van der Waals surface area contributed by atoms with Crippen molar-refractivity contribution in [3.05, 3.63) is 105 Å². The topological polar surface area (TPSA) is 119 Å². The number of hydrogen-bond donors (Lipinski definition) is 3. The number of anilines is 1. The molecule has 8 nitrogen and oxygen atoms in total. The molecule has 0 saturated carbocycles. The molecule has 4 rings (SSSR count). The number of aromatic nitrogens is 2. The normalized spacial score (nSPS) is 10.6. The van der Waals surface area contributed by atoms with Gasteiger partial charge in [-0.1, -0.05) is 48.2 Å². The van der Waals surface area contributed by atoms with Gasteiger partial charge in [0.05, 0.1) is 5.69 Å². The Bertz CT molecular complexity index is 1590. The number of amides is 1. The summed E-state index contributed by atoms with van der Waals surface area (Å²) in [5.74, 6) is 3.37. The van der Waals surface area contributed by atoms with E-state index in [0.29, 0.717) is 24.5 Å². The predicted molar refractivity (Wildman–Crippen MR) is 138 cm³/mol. The maximum atomic E-state index is 14.1. The van der Waals surface area contributed by atoms with Crippen LogP contribution in [0.1, 0.15) is 39.9 Å². The fraction of sp³-hybridized carbons (Fsp3) is 0.179. The van der Waals surface area contributed by atoms with Crippen molar-refractivity contribution in [3.63, 3.8) is 0 Å². The summed E-state index contributed by atoms with van der Waals surface area (Å²) in [4.78, 5) is 36.6. The van der Waals surface area contributed by atoms with Gasteiger partial charge in [-0.2, -0.15) is 0 Å². The minimum Gasteiger partial charge on any atom is -0.404 e. The summed E-state index contributed by atoms with van der Waals surface area (Å²) in [6.07, 6.45) is 2.44. The molecule has 0 bridgehead atoms. The van der Waals surface area contributed by atoms with Gasteiger partial charge in [0.25, 0.3) is 11.5 Å². The molecule has 10 heteroatoms. The first-order valence-electron chi connectivity index (χ1n) is 11.7. The third-order valence-electron chi connectivity index (χ3n) is 5.59. The van der Waals surface area contributed by atoms with Crippen LogP contribution in [0.3, 0.4) is 0 Å². The lowest BCUT2D eigenvalue weighted by Crippen LogP contribution is -2.37. The van der Waals surface area contributed by atoms with Crippen molar-refractivity contribution in [1.82, 2.24) is 15.0 Å². The fourth-order valence-corrected chi connectivity index (χ4v) is 3.65. The molecule has 2 aromatic heterocycles. The summed E-state index contributed by atoms with van der Waals surface area (Å²) in [7, 11) is 0. The van der Waals surface area contributed by atoms with E-state index in [1.807, 2.05) is 30.3 Å². The Morgan fingerprint density at radius 3 is 2.68 bits per heavy atom. The molecule has 0 atom stereocenters. The number of pyridine rings is 2. The molecule has 0 aliphatic carbocycles. The number of halogens is 2. The lowest BCUT2D eigenvalue weighted by Gasteiger charge is -2.16. The fourth-order valence-electron chi connectivity index (χ4n) is 3.65. The van der Waals surface area contributed by atoms with Gasteiger partial charge in [-0.3, -0.25) is 9.59 Å². The van der Waals surface area contributed by atoms with Gasteiger partial charge in [0, 0.05) is 48.3 Å². The lowest BCUT2D eigenvalue weighted by atomic mass is 10.1. The molecule has 4 aromatic rings. The van der Waals surface area contributed by atoms with E-state index in [2.05, 4.69) is 22.1 Å². The smallest absolute Gasteiger partial charge is 0.300 e. The maximum Gasteiger partial charge on any atom is 0.300 e. The van der Waals surface area contributed by atoms with E-state index in [1.54, 1.807) is 6.07 Å². The van der Waals surface area contributed by atoms with Crippen LogP contribution in [0.4, 0.5) is 14.5 Å². The zero-order valence-corrected chi connectivity index (χ0v) is 20.2. The van der Waals surface area contributed by atoms with Gasteiger partial charge in [0.2, 0.25) is 0 Å². The van der Waals surface area contributed by atoms with Gasteiger partial charge in [-0.25, -0.2) is 13.8 Å². The van der Waals surface area contributed by atoms with Gasteiger partial charge in [-0.05, 0) is 24.1 Å². The quantitative estimate of drug-likeness (QED) is 0.244. The minimum absolute atomic E-state index is 0.00596. The van der Waals surface area contributed by atoms with E-state index in [4.69, 9.17) is 15.7 Å². The Labute approximate surface area is 216 Å². The highest BCUT2D eigenvalue weighted by atomic mass is 19.1. The van der Waals surface area contributed by atoms with E-state index >= 15 is 0 Å². The molecule has 0 fully saturated rings. The Kier molecular flexibility index (Phi) is 8.30. The highest BCUT2D eigenvalue weighted by Gasteiger charge is 2.23. The SMILES string of the molecule is Nc1c(C(=O)NCc2ccc(F)cc2F)c(=O)n(OCc2ccccc2)c2ncc(C#CCCCO)cc12. The molecular formula is C28H24F2N4O4. The Hall–Kier alpha value is -4.75. The Morgan fingerprint density at radius 2 is 1.95 bits per heavy atom. The summed E-state index contributed by atoms with van der Waals surface area (Å²) in [6.45, 7) is -0.281. The number of carbonyl (C=O) groups excluding carboxylic acids is 1. The number of nitrogen functional groups attached to an aromatic ring is 1. The van der Waals surface area contributed by atoms with Crippen molar-refractivity contribution < 1.29 is 23.5 Å². The first kappa shape index (κ1) is 26.3. The Balaban J connectivity index is 1.74. The Morgan fingerprint density at radius 1 is 1.16 bits per heavy atom. The second kappa shape index (κ2) is 12.0. The number of nitrogens with zero attached hydrogens (tertiary/aromatic N) is 2. The molecule has 0 spiro atoms. The molecule has 4 N–H and O–H groups in total.